The summed E-state index contributed by atoms with van der Waals surface area (Å²) < 4.78 is 26.7. The predicted octanol–water partition coefficient (Wildman–Crippen LogP) is 6.39. The first kappa shape index (κ1) is 34.1. The van der Waals surface area contributed by atoms with Crippen LogP contribution in [0.3, 0.4) is 0 Å². The standard InChI is InChI=1S/C36H39N3O9/c1-25-32(47-34(40)44-2)31(26-11-10-16-29(23-26)39(42)43)33(48-35(41)45-3)30(37-25)24-46-22-21-38-19-17-36(18-20-38,27-12-6-4-7-13-27)28-14-8-5-9-15-28/h4-16,23,31,37H,17-22,24H2,1-3H3. The van der Waals surface area contributed by atoms with Crippen molar-refractivity contribution in [3.8, 4) is 0 Å². The number of carbonyl (C=O) groups is 2. The molecule has 1 saturated heterocycles. The van der Waals surface area contributed by atoms with Gasteiger partial charge < -0.3 is 33.9 Å². The number of hydrogen-bond donors (Lipinski definition) is 1. The van der Waals surface area contributed by atoms with Crippen LogP contribution in [-0.4, -0.2) is 69.2 Å². The molecule has 1 fully saturated rings. The maximum Gasteiger partial charge on any atom is 0.513 e. The fourth-order valence-corrected chi connectivity index (χ4v) is 6.39. The average molecular weight is 658 g/mol. The SMILES string of the molecule is COC(=O)OC1=C(C)NC(COCCN2CCC(c3ccccc3)(c3ccccc3)CC2)=C(OC(=O)OC)C1c1cccc([N+](=O)[O-])c1. The number of ether oxygens (including phenoxy) is 5. The van der Waals surface area contributed by atoms with Gasteiger partial charge in [-0.3, -0.25) is 10.1 Å². The third-order valence-electron chi connectivity index (χ3n) is 8.82. The zero-order valence-electron chi connectivity index (χ0n) is 27.2. The fourth-order valence-electron chi connectivity index (χ4n) is 6.39. The fraction of sp³-hybridized carbons (Fsp3) is 0.333. The lowest BCUT2D eigenvalue weighted by Gasteiger charge is -2.43. The molecule has 12 nitrogen and oxygen atoms in total. The van der Waals surface area contributed by atoms with Crippen LogP contribution in [0.5, 0.6) is 0 Å². The maximum absolute atomic E-state index is 12.4. The van der Waals surface area contributed by atoms with Crippen LogP contribution in [0.1, 0.15) is 42.4 Å². The molecule has 48 heavy (non-hydrogen) atoms. The van der Waals surface area contributed by atoms with E-state index in [2.05, 4.69) is 58.7 Å². The highest BCUT2D eigenvalue weighted by molar-refractivity contribution is 5.65. The Bertz CT molecular complexity index is 1620. The lowest BCUT2D eigenvalue weighted by molar-refractivity contribution is -0.384. The van der Waals surface area contributed by atoms with Gasteiger partial charge in [-0.2, -0.15) is 0 Å². The van der Waals surface area contributed by atoms with E-state index < -0.39 is 23.2 Å². The largest absolute Gasteiger partial charge is 0.513 e. The summed E-state index contributed by atoms with van der Waals surface area (Å²) in [6, 6.07) is 27.1. The van der Waals surface area contributed by atoms with Crippen molar-refractivity contribution >= 4 is 18.0 Å². The van der Waals surface area contributed by atoms with E-state index in [4.69, 9.17) is 23.7 Å². The lowest BCUT2D eigenvalue weighted by atomic mass is 9.68. The Morgan fingerprint density at radius 1 is 0.875 bits per heavy atom. The van der Waals surface area contributed by atoms with E-state index in [0.717, 1.165) is 40.2 Å². The van der Waals surface area contributed by atoms with Gasteiger partial charge in [0.25, 0.3) is 5.69 Å². The molecule has 1 unspecified atom stereocenters. The molecule has 1 N–H and O–H groups in total. The molecule has 252 valence electrons. The molecule has 2 aliphatic rings. The van der Waals surface area contributed by atoms with Gasteiger partial charge in [-0.1, -0.05) is 72.8 Å². The minimum Gasteiger partial charge on any atom is -0.437 e. The van der Waals surface area contributed by atoms with Crippen LogP contribution in [0.25, 0.3) is 0 Å². The number of benzene rings is 3. The van der Waals surface area contributed by atoms with E-state index in [1.165, 1.54) is 29.3 Å². The minimum atomic E-state index is -1.03. The molecule has 0 saturated carbocycles. The van der Waals surface area contributed by atoms with Crippen molar-refractivity contribution in [1.29, 1.82) is 0 Å². The zero-order chi connectivity index (χ0) is 34.1. The van der Waals surface area contributed by atoms with Crippen LogP contribution in [0.4, 0.5) is 15.3 Å². The van der Waals surface area contributed by atoms with Crippen LogP contribution in [0.15, 0.2) is 108 Å². The average Bonchev–Trinajstić information content (AvgIpc) is 3.12. The topological polar surface area (TPSA) is 139 Å². The van der Waals surface area contributed by atoms with Crippen molar-refractivity contribution in [2.24, 2.45) is 0 Å². The number of allylic oxidation sites excluding steroid dienone is 1. The normalized spacial score (nSPS) is 17.7. The molecule has 0 amide bonds. The summed E-state index contributed by atoms with van der Waals surface area (Å²) >= 11 is 0. The van der Waals surface area contributed by atoms with Crippen LogP contribution in [0, 0.1) is 10.1 Å². The highest BCUT2D eigenvalue weighted by Crippen LogP contribution is 2.42. The van der Waals surface area contributed by atoms with Gasteiger partial charge in [-0.25, -0.2) is 9.59 Å². The smallest absolute Gasteiger partial charge is 0.437 e. The first-order valence-corrected chi connectivity index (χ1v) is 15.6. The first-order chi connectivity index (χ1) is 23.3. The van der Waals surface area contributed by atoms with E-state index >= 15 is 0 Å². The predicted molar refractivity (Wildman–Crippen MR) is 176 cm³/mol. The van der Waals surface area contributed by atoms with Crippen molar-refractivity contribution in [3.05, 3.63) is 135 Å². The van der Waals surface area contributed by atoms with E-state index in [1.54, 1.807) is 13.0 Å². The van der Waals surface area contributed by atoms with Gasteiger partial charge in [0.2, 0.25) is 0 Å². The lowest BCUT2D eigenvalue weighted by Crippen LogP contribution is -2.44. The molecule has 3 aromatic rings. The van der Waals surface area contributed by atoms with Gasteiger partial charge in [0.05, 0.1) is 43.8 Å². The number of non-ortho nitro benzene ring substituents is 1. The minimum absolute atomic E-state index is 0.00636. The molecular formula is C36H39N3O9. The number of nitro benzene ring substituents is 1. The van der Waals surface area contributed by atoms with Gasteiger partial charge in [0, 0.05) is 24.1 Å². The molecule has 3 aromatic carbocycles. The number of piperidine rings is 1. The second-order valence-corrected chi connectivity index (χ2v) is 11.6. The molecule has 0 radical (unpaired) electrons. The number of nitrogens with zero attached hydrogens (tertiary/aromatic N) is 2. The molecule has 0 bridgehead atoms. The van der Waals surface area contributed by atoms with E-state index in [9.17, 15) is 19.7 Å². The maximum atomic E-state index is 12.4. The third kappa shape index (κ3) is 7.67. The zero-order valence-corrected chi connectivity index (χ0v) is 27.2. The van der Waals surface area contributed by atoms with E-state index in [1.807, 2.05) is 12.1 Å². The Labute approximate surface area is 279 Å². The van der Waals surface area contributed by atoms with Gasteiger partial charge >= 0.3 is 12.3 Å². The van der Waals surface area contributed by atoms with Crippen LogP contribution >= 0.6 is 0 Å². The number of carbonyl (C=O) groups excluding carboxylic acids is 2. The Morgan fingerprint density at radius 2 is 1.46 bits per heavy atom. The van der Waals surface area contributed by atoms with Crippen molar-refractivity contribution in [1.82, 2.24) is 10.2 Å². The Balaban J connectivity index is 1.32. The quantitative estimate of drug-likeness (QED) is 0.106. The Morgan fingerprint density at radius 3 is 2.02 bits per heavy atom. The van der Waals surface area contributed by atoms with E-state index in [-0.39, 0.29) is 29.2 Å². The van der Waals surface area contributed by atoms with Crippen LogP contribution in [-0.2, 0) is 29.1 Å². The summed E-state index contributed by atoms with van der Waals surface area (Å²) in [6.07, 6.45) is -0.111. The van der Waals surface area contributed by atoms with Crippen molar-refractivity contribution in [2.75, 3.05) is 47.1 Å². The molecule has 0 aromatic heterocycles. The van der Waals surface area contributed by atoms with Gasteiger partial charge in [0.1, 0.15) is 17.4 Å². The van der Waals surface area contributed by atoms with Crippen molar-refractivity contribution < 1.29 is 38.2 Å². The summed E-state index contributed by atoms with van der Waals surface area (Å²) in [6.45, 7) is 4.50. The number of rotatable bonds is 11. The second-order valence-electron chi connectivity index (χ2n) is 11.6. The van der Waals surface area contributed by atoms with Gasteiger partial charge in [-0.15, -0.1) is 0 Å². The number of hydrogen-bond acceptors (Lipinski definition) is 11. The molecule has 5 rings (SSSR count). The Hall–Kier alpha value is -5.20. The molecule has 0 spiro atoms. The third-order valence-corrected chi connectivity index (χ3v) is 8.82. The van der Waals surface area contributed by atoms with Crippen LogP contribution in [0.2, 0.25) is 0 Å². The van der Waals surface area contributed by atoms with Gasteiger partial charge in [0.15, 0.2) is 0 Å². The number of dihydropyridines is 1. The molecule has 1 atom stereocenters. The van der Waals surface area contributed by atoms with Crippen LogP contribution < -0.4 is 5.32 Å². The summed E-state index contributed by atoms with van der Waals surface area (Å²) in [7, 11) is 2.32. The summed E-state index contributed by atoms with van der Waals surface area (Å²) in [5.41, 5.74) is 3.50. The highest BCUT2D eigenvalue weighted by atomic mass is 16.7. The van der Waals surface area contributed by atoms with E-state index in [0.29, 0.717) is 30.1 Å². The number of methoxy groups -OCH3 is 2. The number of likely N-dealkylation sites (tertiary alicyclic amines) is 1. The summed E-state index contributed by atoms with van der Waals surface area (Å²) in [5.74, 6) is -0.979. The summed E-state index contributed by atoms with van der Waals surface area (Å²) in [4.78, 5) is 38.1. The molecule has 2 aliphatic heterocycles. The first-order valence-electron chi connectivity index (χ1n) is 15.6. The van der Waals surface area contributed by atoms with Crippen molar-refractivity contribution in [3.63, 3.8) is 0 Å². The number of nitrogens with one attached hydrogen (secondary N) is 1. The highest BCUT2D eigenvalue weighted by Gasteiger charge is 2.39. The molecule has 2 heterocycles. The van der Waals surface area contributed by atoms with Crippen molar-refractivity contribution in [2.45, 2.75) is 31.1 Å². The van der Waals surface area contributed by atoms with Gasteiger partial charge in [-0.05, 0) is 49.5 Å². The Kier molecular flexibility index (Phi) is 11.1. The summed E-state index contributed by atoms with van der Waals surface area (Å²) in [5, 5.41) is 14.7. The molecular weight excluding hydrogens is 618 g/mol. The monoisotopic (exact) mass is 657 g/mol. The molecule has 0 aliphatic carbocycles. The second kappa shape index (κ2) is 15.6. The molecule has 12 heteroatoms. The number of nitro groups is 1.